The fraction of sp³-hybridized carbons (Fsp3) is 0.111. The predicted molar refractivity (Wildman–Crippen MR) is 344 cm³/mol. The van der Waals surface area contributed by atoms with E-state index in [-0.39, 0.29) is 0 Å². The second-order valence-corrected chi connectivity index (χ2v) is 41.2. The van der Waals surface area contributed by atoms with Crippen molar-refractivity contribution in [1.29, 1.82) is 0 Å². The summed E-state index contributed by atoms with van der Waals surface area (Å²) in [6, 6.07) is 89.5. The first-order valence-corrected chi connectivity index (χ1v) is 39.3. The van der Waals surface area contributed by atoms with E-state index < -0.39 is 32.3 Å². The molecule has 2 heterocycles. The lowest BCUT2D eigenvalue weighted by atomic mass is 9.84. The van der Waals surface area contributed by atoms with Crippen LogP contribution in [0.1, 0.15) is 0 Å². The van der Waals surface area contributed by atoms with Crippen molar-refractivity contribution in [1.82, 2.24) is 0 Å². The molecule has 12 aromatic rings. The fourth-order valence-corrected chi connectivity index (χ4v) is 34.2. The summed E-state index contributed by atoms with van der Waals surface area (Å²) in [7, 11) is -8.25. The van der Waals surface area contributed by atoms with Crippen LogP contribution in [-0.4, -0.2) is 32.3 Å². The third kappa shape index (κ3) is 6.83. The lowest BCUT2D eigenvalue weighted by Crippen LogP contribution is -2.78. The van der Waals surface area contributed by atoms with Crippen molar-refractivity contribution in [3.05, 3.63) is 231 Å². The molecule has 0 amide bonds. The van der Waals surface area contributed by atoms with Crippen molar-refractivity contribution in [2.45, 2.75) is 52.4 Å². The van der Waals surface area contributed by atoms with Gasteiger partial charge in [0.25, 0.3) is 0 Å². The molecule has 0 N–H and O–H groups in total. The van der Waals surface area contributed by atoms with Gasteiger partial charge in [0.15, 0.2) is 0 Å². The first-order valence-electron chi connectivity index (χ1n) is 27.3. The van der Waals surface area contributed by atoms with Crippen molar-refractivity contribution >= 4 is 117 Å². The molecule has 0 aliphatic carbocycles. The molecule has 0 aromatic heterocycles. The Balaban J connectivity index is 1.03. The zero-order valence-corrected chi connectivity index (χ0v) is 48.9. The maximum atomic E-state index is 2.60. The summed E-state index contributed by atoms with van der Waals surface area (Å²) in [6.07, 6.45) is 0. The lowest BCUT2D eigenvalue weighted by Gasteiger charge is -2.43. The van der Waals surface area contributed by atoms with Gasteiger partial charge in [0, 0.05) is 0 Å². The number of fused-ring (bicyclic) bond motifs is 8. The van der Waals surface area contributed by atoms with Crippen LogP contribution in [0.3, 0.4) is 0 Å². The normalized spacial score (nSPS) is 15.5. The van der Waals surface area contributed by atoms with E-state index in [1.807, 2.05) is 0 Å². The van der Waals surface area contributed by atoms with E-state index in [2.05, 4.69) is 283 Å². The highest BCUT2D eigenvalue weighted by Gasteiger charge is 2.46. The SMILES string of the molecule is C[Si]1(C)c2ccccc2[Si](C)(C)c2c(-c3cc(-c4cccc5c(-c6ccccc6)c6cccc(-c7cc(-c8cccc9c8[Si](C)(C)c8ccccc8[Si]9(C)C)c8ccccc8c7)c6cc45)cc4ccccc34)cccc21. The average molecular weight is 1040 g/mol. The van der Waals surface area contributed by atoms with E-state index in [9.17, 15) is 0 Å². The van der Waals surface area contributed by atoms with Crippen LogP contribution in [0.4, 0.5) is 0 Å². The standard InChI is InChI=1S/C72H62Si4/c1-73(2)64-36-16-18-38-66(64)75(5,6)71-58(34-22-40-68(71)73)60-44-50(42-48-26-12-14-28-52(48)60)54-30-20-32-56-62(54)46-63-55(31-21-33-57(63)70(56)47-24-10-9-11-25-47)51-43-49-27-13-15-29-53(49)61(45-51)59-35-23-41-69-72(59)76(7,8)67-39-19-17-37-65(67)74(69,3)4/h9-46H,1-8H3. The molecule has 0 bridgehead atoms. The maximum Gasteiger partial charge on any atom is 0.112 e. The van der Waals surface area contributed by atoms with E-state index >= 15 is 0 Å². The zero-order chi connectivity index (χ0) is 51.9. The summed E-state index contributed by atoms with van der Waals surface area (Å²) in [5.74, 6) is 0. The van der Waals surface area contributed by atoms with Gasteiger partial charge in [-0.3, -0.25) is 0 Å². The summed E-state index contributed by atoms with van der Waals surface area (Å²) in [5.41, 5.74) is 13.0. The molecule has 0 saturated heterocycles. The second-order valence-electron chi connectivity index (χ2n) is 24.0. The lowest BCUT2D eigenvalue weighted by molar-refractivity contribution is 1.61. The Kier molecular flexibility index (Phi) is 10.5. The zero-order valence-electron chi connectivity index (χ0n) is 44.9. The molecule has 76 heavy (non-hydrogen) atoms. The Morgan fingerprint density at radius 1 is 0.211 bits per heavy atom. The number of hydrogen-bond donors (Lipinski definition) is 0. The quantitative estimate of drug-likeness (QED) is 0.119. The van der Waals surface area contributed by atoms with E-state index in [1.54, 1.807) is 41.5 Å². The summed E-state index contributed by atoms with van der Waals surface area (Å²) < 4.78 is 0. The molecule has 0 spiro atoms. The van der Waals surface area contributed by atoms with E-state index in [4.69, 9.17) is 0 Å². The third-order valence-corrected chi connectivity index (χ3v) is 33.5. The molecule has 0 atom stereocenters. The largest absolute Gasteiger partial charge is 0.112 e. The highest BCUT2D eigenvalue weighted by atomic mass is 28.3. The van der Waals surface area contributed by atoms with Gasteiger partial charge < -0.3 is 0 Å². The molecular formula is C72H62Si4. The summed E-state index contributed by atoms with van der Waals surface area (Å²) in [5, 5.41) is 23.2. The molecule has 4 heteroatoms. The minimum atomic E-state index is -2.13. The second kappa shape index (κ2) is 17.0. The van der Waals surface area contributed by atoms with Crippen LogP contribution >= 0.6 is 0 Å². The maximum absolute atomic E-state index is 2.60. The molecule has 14 rings (SSSR count). The van der Waals surface area contributed by atoms with Crippen LogP contribution in [-0.2, 0) is 0 Å². The van der Waals surface area contributed by atoms with Crippen molar-refractivity contribution in [3.8, 4) is 55.6 Å². The molecule has 0 unspecified atom stereocenters. The third-order valence-electron chi connectivity index (χ3n) is 18.3. The van der Waals surface area contributed by atoms with Gasteiger partial charge in [-0.15, -0.1) is 0 Å². The fourth-order valence-electron chi connectivity index (χ4n) is 14.6. The van der Waals surface area contributed by atoms with Crippen LogP contribution in [0.5, 0.6) is 0 Å². The minimum Gasteiger partial charge on any atom is -0.0627 e. The molecule has 2 aliphatic rings. The summed E-state index contributed by atoms with van der Waals surface area (Å²) in [4.78, 5) is 0. The molecule has 0 nitrogen and oxygen atoms in total. The van der Waals surface area contributed by atoms with Gasteiger partial charge >= 0.3 is 0 Å². The first kappa shape index (κ1) is 47.0. The minimum absolute atomic E-state index is 1.23. The number of hydrogen-bond acceptors (Lipinski definition) is 0. The molecule has 0 saturated carbocycles. The van der Waals surface area contributed by atoms with E-state index in [0.29, 0.717) is 0 Å². The molecular weight excluding hydrogens is 977 g/mol. The van der Waals surface area contributed by atoms with Gasteiger partial charge in [-0.25, -0.2) is 0 Å². The van der Waals surface area contributed by atoms with E-state index in [0.717, 1.165) is 0 Å². The van der Waals surface area contributed by atoms with Crippen LogP contribution < -0.4 is 41.5 Å². The van der Waals surface area contributed by atoms with Crippen molar-refractivity contribution in [2.75, 3.05) is 0 Å². The van der Waals surface area contributed by atoms with Crippen LogP contribution in [0.2, 0.25) is 52.4 Å². The Morgan fingerprint density at radius 2 is 0.553 bits per heavy atom. The Bertz CT molecular complexity index is 4150. The Hall–Kier alpha value is -7.45. The van der Waals surface area contributed by atoms with Crippen molar-refractivity contribution in [2.24, 2.45) is 0 Å². The molecule has 2 aliphatic heterocycles. The summed E-state index contributed by atoms with van der Waals surface area (Å²) in [6.45, 7) is 20.7. The number of rotatable bonds is 5. The van der Waals surface area contributed by atoms with Gasteiger partial charge in [0.2, 0.25) is 0 Å². The van der Waals surface area contributed by atoms with Crippen LogP contribution in [0.15, 0.2) is 231 Å². The average Bonchev–Trinajstić information content (AvgIpc) is 3.63. The monoisotopic (exact) mass is 1040 g/mol. The van der Waals surface area contributed by atoms with Gasteiger partial charge in [-0.2, -0.15) is 0 Å². The highest BCUT2D eigenvalue weighted by molar-refractivity contribution is 7.17. The van der Waals surface area contributed by atoms with Crippen molar-refractivity contribution in [3.63, 3.8) is 0 Å². The first-order chi connectivity index (χ1) is 36.7. The van der Waals surface area contributed by atoms with Crippen molar-refractivity contribution < 1.29 is 0 Å². The van der Waals surface area contributed by atoms with Gasteiger partial charge in [-0.05, 0) is 139 Å². The topological polar surface area (TPSA) is 0 Å². The van der Waals surface area contributed by atoms with Gasteiger partial charge in [0.05, 0.1) is 0 Å². The molecule has 12 aromatic carbocycles. The highest BCUT2D eigenvalue weighted by Crippen LogP contribution is 2.46. The Labute approximate surface area is 452 Å². The molecule has 0 fully saturated rings. The van der Waals surface area contributed by atoms with Gasteiger partial charge in [0.1, 0.15) is 32.3 Å². The smallest absolute Gasteiger partial charge is 0.0627 e. The number of benzene rings is 12. The Morgan fingerprint density at radius 3 is 1.00 bits per heavy atom. The molecule has 0 radical (unpaired) electrons. The van der Waals surface area contributed by atoms with Crippen LogP contribution in [0, 0.1) is 0 Å². The predicted octanol–water partition coefficient (Wildman–Crippen LogP) is 14.6. The van der Waals surface area contributed by atoms with Gasteiger partial charge in [-0.1, -0.05) is 284 Å². The van der Waals surface area contributed by atoms with Crippen LogP contribution in [0.25, 0.3) is 98.7 Å². The van der Waals surface area contributed by atoms with E-state index in [1.165, 1.54) is 98.7 Å². The molecule has 366 valence electrons. The summed E-state index contributed by atoms with van der Waals surface area (Å²) >= 11 is 0.